The number of carbonyl (C=O) groups is 2. The summed E-state index contributed by atoms with van der Waals surface area (Å²) in [5.41, 5.74) is 5.08. The zero-order valence-electron chi connectivity index (χ0n) is 18.2. The van der Waals surface area contributed by atoms with Crippen molar-refractivity contribution >= 4 is 40.6 Å². The van der Waals surface area contributed by atoms with Crippen molar-refractivity contribution in [1.29, 1.82) is 0 Å². The number of nitrogens with two attached hydrogens (primary N) is 1. The van der Waals surface area contributed by atoms with Crippen molar-refractivity contribution in [2.75, 3.05) is 36.2 Å². The van der Waals surface area contributed by atoms with Crippen molar-refractivity contribution in [2.24, 2.45) is 5.92 Å². The predicted octanol–water partition coefficient (Wildman–Crippen LogP) is 1.60. The lowest BCUT2D eigenvalue weighted by Crippen LogP contribution is -2.42. The molecule has 1 aromatic heterocycles. The Morgan fingerprint density at radius 2 is 2.06 bits per heavy atom. The van der Waals surface area contributed by atoms with Crippen molar-refractivity contribution in [1.82, 2.24) is 9.55 Å². The standard InChI is InChI=1S/C21H26ClN5O5/c1-4-5-8-26-18(23)17(19(29)24-21(26)31)25(2)20(30)12-9-16(28)27(11-12)14-10-13(22)6-7-15(14)32-3/h6-7,10,12H,4-5,8-9,11,23H2,1-3H3,(H,24,29,31)/t12-/m0/s1. The molecular weight excluding hydrogens is 438 g/mol. The molecule has 2 heterocycles. The number of benzene rings is 1. The summed E-state index contributed by atoms with van der Waals surface area (Å²) < 4.78 is 6.56. The van der Waals surface area contributed by atoms with E-state index in [0.717, 1.165) is 11.3 Å². The number of halogens is 1. The molecule has 3 N–H and O–H groups in total. The van der Waals surface area contributed by atoms with E-state index < -0.39 is 23.1 Å². The zero-order chi connectivity index (χ0) is 23.6. The van der Waals surface area contributed by atoms with Crippen LogP contribution in [0.15, 0.2) is 27.8 Å². The summed E-state index contributed by atoms with van der Waals surface area (Å²) in [6.45, 7) is 2.37. The predicted molar refractivity (Wildman–Crippen MR) is 123 cm³/mol. The van der Waals surface area contributed by atoms with Gasteiger partial charge in [0.25, 0.3) is 5.56 Å². The van der Waals surface area contributed by atoms with Crippen LogP contribution in [0.1, 0.15) is 26.2 Å². The van der Waals surface area contributed by atoms with Gasteiger partial charge in [-0.2, -0.15) is 0 Å². The van der Waals surface area contributed by atoms with Gasteiger partial charge >= 0.3 is 5.69 Å². The number of hydrogen-bond acceptors (Lipinski definition) is 6. The third kappa shape index (κ3) is 4.36. The van der Waals surface area contributed by atoms with Crippen LogP contribution in [0.5, 0.6) is 5.75 Å². The van der Waals surface area contributed by atoms with Gasteiger partial charge in [0.1, 0.15) is 11.6 Å². The number of unbranched alkanes of at least 4 members (excludes halogenated alkanes) is 1. The fourth-order valence-electron chi connectivity index (χ4n) is 3.80. The number of nitrogens with one attached hydrogen (secondary N) is 1. The topological polar surface area (TPSA) is 131 Å². The Kier molecular flexibility index (Phi) is 6.93. The fourth-order valence-corrected chi connectivity index (χ4v) is 3.97. The molecule has 32 heavy (non-hydrogen) atoms. The number of methoxy groups -OCH3 is 1. The van der Waals surface area contributed by atoms with Crippen LogP contribution in [0, 0.1) is 5.92 Å². The molecule has 1 aliphatic rings. The van der Waals surface area contributed by atoms with Crippen molar-refractivity contribution in [3.05, 3.63) is 44.1 Å². The maximum absolute atomic E-state index is 13.2. The van der Waals surface area contributed by atoms with Crippen LogP contribution in [0.2, 0.25) is 5.02 Å². The molecule has 0 radical (unpaired) electrons. The first-order valence-electron chi connectivity index (χ1n) is 10.2. The van der Waals surface area contributed by atoms with Gasteiger partial charge in [-0.15, -0.1) is 0 Å². The summed E-state index contributed by atoms with van der Waals surface area (Å²) in [5, 5.41) is 0.425. The number of anilines is 3. The van der Waals surface area contributed by atoms with E-state index in [2.05, 4.69) is 4.98 Å². The molecule has 11 heteroatoms. The van der Waals surface area contributed by atoms with Crippen molar-refractivity contribution in [3.8, 4) is 5.75 Å². The average molecular weight is 464 g/mol. The minimum absolute atomic E-state index is 0.0495. The highest BCUT2D eigenvalue weighted by molar-refractivity contribution is 6.31. The van der Waals surface area contributed by atoms with Crippen LogP contribution in [0.4, 0.5) is 17.2 Å². The average Bonchev–Trinajstić information content (AvgIpc) is 3.14. The summed E-state index contributed by atoms with van der Waals surface area (Å²) in [6.07, 6.45) is 1.45. The molecule has 0 bridgehead atoms. The van der Waals surface area contributed by atoms with Gasteiger partial charge in [-0.25, -0.2) is 4.79 Å². The molecule has 1 aromatic carbocycles. The van der Waals surface area contributed by atoms with E-state index in [1.807, 2.05) is 6.92 Å². The maximum Gasteiger partial charge on any atom is 0.330 e. The number of aromatic amines is 1. The largest absolute Gasteiger partial charge is 0.495 e. The molecule has 0 unspecified atom stereocenters. The molecule has 0 saturated carbocycles. The Hall–Kier alpha value is -3.27. The van der Waals surface area contributed by atoms with E-state index >= 15 is 0 Å². The fraction of sp³-hybridized carbons (Fsp3) is 0.429. The summed E-state index contributed by atoms with van der Waals surface area (Å²) in [5.74, 6) is -1.08. The Morgan fingerprint density at radius 1 is 1.34 bits per heavy atom. The lowest BCUT2D eigenvalue weighted by molar-refractivity contribution is -0.124. The highest BCUT2D eigenvalue weighted by Crippen LogP contribution is 2.36. The highest BCUT2D eigenvalue weighted by Gasteiger charge is 2.38. The van der Waals surface area contributed by atoms with E-state index in [1.54, 1.807) is 18.2 Å². The minimum atomic E-state index is -0.756. The molecule has 0 aliphatic carbocycles. The second-order valence-electron chi connectivity index (χ2n) is 7.62. The normalized spacial score (nSPS) is 15.8. The third-order valence-corrected chi connectivity index (χ3v) is 5.76. The monoisotopic (exact) mass is 463 g/mol. The van der Waals surface area contributed by atoms with E-state index in [4.69, 9.17) is 22.1 Å². The molecule has 3 rings (SSSR count). The van der Waals surface area contributed by atoms with Gasteiger partial charge in [-0.1, -0.05) is 24.9 Å². The maximum atomic E-state index is 13.2. The first-order chi connectivity index (χ1) is 15.2. The molecular formula is C21H26ClN5O5. The van der Waals surface area contributed by atoms with Crippen LogP contribution < -0.4 is 31.5 Å². The zero-order valence-corrected chi connectivity index (χ0v) is 18.9. The first kappa shape index (κ1) is 23.4. The van der Waals surface area contributed by atoms with E-state index in [-0.39, 0.29) is 30.4 Å². The smallest absolute Gasteiger partial charge is 0.330 e. The van der Waals surface area contributed by atoms with E-state index in [9.17, 15) is 19.2 Å². The van der Waals surface area contributed by atoms with Gasteiger partial charge in [0.2, 0.25) is 11.8 Å². The molecule has 2 aromatic rings. The molecule has 1 fully saturated rings. The molecule has 0 spiro atoms. The second kappa shape index (κ2) is 9.47. The number of H-pyrrole nitrogens is 1. The Morgan fingerprint density at radius 3 is 2.72 bits per heavy atom. The molecule has 1 aliphatic heterocycles. The molecule has 10 nitrogen and oxygen atoms in total. The van der Waals surface area contributed by atoms with Crippen molar-refractivity contribution in [3.63, 3.8) is 0 Å². The molecule has 172 valence electrons. The molecule has 1 saturated heterocycles. The van der Waals surface area contributed by atoms with Gasteiger partial charge in [0.15, 0.2) is 5.69 Å². The number of nitrogens with zero attached hydrogens (tertiary/aromatic N) is 3. The van der Waals surface area contributed by atoms with Crippen LogP contribution >= 0.6 is 11.6 Å². The summed E-state index contributed by atoms with van der Waals surface area (Å²) in [6, 6.07) is 4.89. The van der Waals surface area contributed by atoms with E-state index in [0.29, 0.717) is 29.4 Å². The minimum Gasteiger partial charge on any atom is -0.495 e. The van der Waals surface area contributed by atoms with Gasteiger partial charge in [-0.3, -0.25) is 23.9 Å². The van der Waals surface area contributed by atoms with Gasteiger partial charge in [0.05, 0.1) is 18.7 Å². The Bertz CT molecular complexity index is 1160. The van der Waals surface area contributed by atoms with Crippen LogP contribution in [-0.2, 0) is 16.1 Å². The van der Waals surface area contributed by atoms with Crippen molar-refractivity contribution in [2.45, 2.75) is 32.7 Å². The van der Waals surface area contributed by atoms with Crippen LogP contribution in [0.3, 0.4) is 0 Å². The van der Waals surface area contributed by atoms with Crippen LogP contribution in [-0.4, -0.2) is 42.1 Å². The first-order valence-corrected chi connectivity index (χ1v) is 10.6. The van der Waals surface area contributed by atoms with Crippen molar-refractivity contribution < 1.29 is 14.3 Å². The van der Waals surface area contributed by atoms with Gasteiger partial charge in [-0.05, 0) is 24.6 Å². The quantitative estimate of drug-likeness (QED) is 0.641. The summed E-state index contributed by atoms with van der Waals surface area (Å²) in [7, 11) is 2.89. The number of aromatic nitrogens is 2. The molecule has 2 amide bonds. The Labute approximate surface area is 189 Å². The summed E-state index contributed by atoms with van der Waals surface area (Å²) >= 11 is 6.08. The van der Waals surface area contributed by atoms with Gasteiger partial charge < -0.3 is 20.3 Å². The highest BCUT2D eigenvalue weighted by atomic mass is 35.5. The number of hydrogen-bond donors (Lipinski definition) is 2. The molecule has 1 atom stereocenters. The Balaban J connectivity index is 1.89. The number of amides is 2. The van der Waals surface area contributed by atoms with E-state index in [1.165, 1.54) is 23.6 Å². The van der Waals surface area contributed by atoms with Crippen LogP contribution in [0.25, 0.3) is 0 Å². The third-order valence-electron chi connectivity index (χ3n) is 5.52. The lowest BCUT2D eigenvalue weighted by Gasteiger charge is -2.23. The number of rotatable bonds is 7. The summed E-state index contributed by atoms with van der Waals surface area (Å²) in [4.78, 5) is 55.3. The number of nitrogen functional groups attached to an aromatic ring is 1. The van der Waals surface area contributed by atoms with Gasteiger partial charge in [0, 0.05) is 31.6 Å². The second-order valence-corrected chi connectivity index (χ2v) is 8.05. The number of carbonyl (C=O) groups excluding carboxylic acids is 2. The number of ether oxygens (including phenoxy) is 1. The SMILES string of the molecule is CCCCn1c(N)c(N(C)C(=O)[C@H]2CC(=O)N(c3cc(Cl)ccc3OC)C2)c(=O)[nH]c1=O. The lowest BCUT2D eigenvalue weighted by atomic mass is 10.1.